The highest BCUT2D eigenvalue weighted by atomic mass is 32.1. The Morgan fingerprint density at radius 2 is 1.94 bits per heavy atom. The number of nitrogens with one attached hydrogen (secondary N) is 1. The minimum Gasteiger partial charge on any atom is -0.383 e. The maximum atomic E-state index is 15.6. The molecule has 1 aromatic carbocycles. The second kappa shape index (κ2) is 8.90. The summed E-state index contributed by atoms with van der Waals surface area (Å²) in [6.07, 6.45) is 6.98. The van der Waals surface area contributed by atoms with Gasteiger partial charge in [-0.15, -0.1) is 11.3 Å². The first kappa shape index (κ1) is 20.9. The summed E-state index contributed by atoms with van der Waals surface area (Å²) in [5.41, 5.74) is 9.21. The molecule has 1 saturated heterocycles. The summed E-state index contributed by atoms with van der Waals surface area (Å²) in [4.78, 5) is 14.6. The maximum Gasteiger partial charge on any atom is 0.142 e. The van der Waals surface area contributed by atoms with Crippen molar-refractivity contribution in [3.63, 3.8) is 0 Å². The molecule has 0 bridgehead atoms. The third-order valence-electron chi connectivity index (χ3n) is 5.91. The smallest absolute Gasteiger partial charge is 0.142 e. The fraction of sp³-hybridized carbons (Fsp3) is 0.292. The largest absolute Gasteiger partial charge is 0.383 e. The Balaban J connectivity index is 1.65. The molecule has 0 atom stereocenters. The van der Waals surface area contributed by atoms with Gasteiger partial charge in [0.25, 0.3) is 0 Å². The zero-order valence-electron chi connectivity index (χ0n) is 17.8. The molecule has 4 aromatic rings. The molecule has 0 unspecified atom stereocenters. The molecule has 1 aliphatic rings. The van der Waals surface area contributed by atoms with E-state index in [0.29, 0.717) is 23.4 Å². The number of aromatic nitrogens is 3. The molecular formula is C24H24FN5OS. The van der Waals surface area contributed by atoms with Crippen molar-refractivity contribution in [1.82, 2.24) is 20.3 Å². The number of anilines is 1. The Bertz CT molecular complexity index is 1250. The number of ether oxygens (including phenoxy) is 1. The monoisotopic (exact) mass is 449 g/mol. The minimum absolute atomic E-state index is 0.175. The van der Waals surface area contributed by atoms with Crippen LogP contribution in [0.4, 0.5) is 10.2 Å². The third kappa shape index (κ3) is 3.74. The average molecular weight is 450 g/mol. The van der Waals surface area contributed by atoms with Crippen molar-refractivity contribution in [2.24, 2.45) is 0 Å². The third-order valence-corrected chi connectivity index (χ3v) is 7.20. The molecule has 8 heteroatoms. The average Bonchev–Trinajstić information content (AvgIpc) is 3.24. The lowest BCUT2D eigenvalue weighted by molar-refractivity contribution is 0.0858. The number of hydrogen-bond donors (Lipinski definition) is 2. The minimum atomic E-state index is -0.378. The first-order chi connectivity index (χ1) is 15.7. The molecule has 0 spiro atoms. The van der Waals surface area contributed by atoms with E-state index >= 15 is 4.39 Å². The van der Waals surface area contributed by atoms with Crippen LogP contribution in [0.5, 0.6) is 0 Å². The van der Waals surface area contributed by atoms with Crippen molar-refractivity contribution in [2.75, 3.05) is 26.0 Å². The first-order valence-electron chi connectivity index (χ1n) is 10.7. The van der Waals surface area contributed by atoms with Gasteiger partial charge in [-0.3, -0.25) is 4.98 Å². The van der Waals surface area contributed by atoms with E-state index in [0.717, 1.165) is 53.3 Å². The maximum absolute atomic E-state index is 15.6. The molecule has 1 aliphatic heterocycles. The highest BCUT2D eigenvalue weighted by Gasteiger charge is 2.24. The van der Waals surface area contributed by atoms with Gasteiger partial charge in [0.1, 0.15) is 16.6 Å². The van der Waals surface area contributed by atoms with Crippen molar-refractivity contribution in [3.8, 4) is 21.7 Å². The van der Waals surface area contributed by atoms with E-state index in [1.54, 1.807) is 48.1 Å². The summed E-state index contributed by atoms with van der Waals surface area (Å²) < 4.78 is 21.2. The van der Waals surface area contributed by atoms with Crippen LogP contribution in [0, 0.1) is 5.82 Å². The number of nitrogens with zero attached hydrogens (tertiary/aromatic N) is 3. The molecule has 1 fully saturated rings. The van der Waals surface area contributed by atoms with E-state index in [2.05, 4.69) is 15.3 Å². The number of pyridine rings is 2. The summed E-state index contributed by atoms with van der Waals surface area (Å²) in [6, 6.07) is 7.26. The second-order valence-electron chi connectivity index (χ2n) is 7.89. The van der Waals surface area contributed by atoms with Crippen molar-refractivity contribution < 1.29 is 9.13 Å². The first-order valence-corrected chi connectivity index (χ1v) is 11.5. The predicted octanol–water partition coefficient (Wildman–Crippen LogP) is 4.76. The summed E-state index contributed by atoms with van der Waals surface area (Å²) in [7, 11) is 1.92. The molecular weight excluding hydrogens is 425 g/mol. The van der Waals surface area contributed by atoms with Crippen LogP contribution in [0.2, 0.25) is 0 Å². The lowest BCUT2D eigenvalue weighted by atomic mass is 9.97. The summed E-state index contributed by atoms with van der Waals surface area (Å²) in [5.74, 6) is 0.229. The number of nitrogens with two attached hydrogens (primary N) is 1. The van der Waals surface area contributed by atoms with Gasteiger partial charge < -0.3 is 15.8 Å². The Morgan fingerprint density at radius 3 is 2.69 bits per heavy atom. The Labute approximate surface area is 189 Å². The molecule has 5 rings (SSSR count). The molecule has 164 valence electrons. The highest BCUT2D eigenvalue weighted by Crippen LogP contribution is 2.41. The SMILES string of the molecule is CNCc1nc(-c2cnc(N)c3c(F)c(-c4ccncc4)ccc23)sc1C1CCOCC1. The van der Waals surface area contributed by atoms with Crippen LogP contribution in [0.3, 0.4) is 0 Å². The van der Waals surface area contributed by atoms with Gasteiger partial charge in [0.05, 0.1) is 11.1 Å². The number of hydrogen-bond acceptors (Lipinski definition) is 7. The van der Waals surface area contributed by atoms with Crippen molar-refractivity contribution in [1.29, 1.82) is 0 Å². The lowest BCUT2D eigenvalue weighted by Gasteiger charge is -2.21. The van der Waals surface area contributed by atoms with Crippen molar-refractivity contribution >= 4 is 27.9 Å². The van der Waals surface area contributed by atoms with Crippen LogP contribution in [-0.2, 0) is 11.3 Å². The standard InChI is InChI=1S/C24H24FN5OS/c1-27-13-19-22(15-6-10-31-11-7-15)32-24(30-19)18-12-29-23(26)20-17(18)3-2-16(21(20)25)14-4-8-28-9-5-14/h2-5,8-9,12,15,27H,6-7,10-11,13H2,1H3,(H2,26,29). The summed E-state index contributed by atoms with van der Waals surface area (Å²) >= 11 is 1.67. The fourth-order valence-electron chi connectivity index (χ4n) is 4.30. The van der Waals surface area contributed by atoms with Crippen molar-refractivity contribution in [2.45, 2.75) is 25.3 Å². The van der Waals surface area contributed by atoms with Gasteiger partial charge >= 0.3 is 0 Å². The van der Waals surface area contributed by atoms with Crippen LogP contribution in [-0.4, -0.2) is 35.2 Å². The van der Waals surface area contributed by atoms with Crippen LogP contribution in [0.25, 0.3) is 32.5 Å². The van der Waals surface area contributed by atoms with E-state index in [4.69, 9.17) is 15.5 Å². The van der Waals surface area contributed by atoms with Gasteiger partial charge in [-0.25, -0.2) is 14.4 Å². The quantitative estimate of drug-likeness (QED) is 0.457. The second-order valence-corrected chi connectivity index (χ2v) is 8.92. The van der Waals surface area contributed by atoms with E-state index in [-0.39, 0.29) is 11.6 Å². The molecule has 0 aliphatic carbocycles. The highest BCUT2D eigenvalue weighted by molar-refractivity contribution is 7.15. The Morgan fingerprint density at radius 1 is 1.16 bits per heavy atom. The topological polar surface area (TPSA) is 86.0 Å². The number of halogens is 1. The molecule has 0 radical (unpaired) electrons. The number of thiazole rings is 1. The molecule has 3 N–H and O–H groups in total. The van der Waals surface area contributed by atoms with Crippen LogP contribution >= 0.6 is 11.3 Å². The summed E-state index contributed by atoms with van der Waals surface area (Å²) in [6.45, 7) is 2.22. The van der Waals surface area contributed by atoms with E-state index in [9.17, 15) is 0 Å². The van der Waals surface area contributed by atoms with Crippen LogP contribution in [0.1, 0.15) is 29.3 Å². The Kier molecular flexibility index (Phi) is 5.82. The molecule has 4 heterocycles. The van der Waals surface area contributed by atoms with E-state index in [1.807, 2.05) is 13.1 Å². The number of nitrogen functional groups attached to an aromatic ring is 1. The zero-order valence-corrected chi connectivity index (χ0v) is 18.6. The van der Waals surface area contributed by atoms with Gasteiger partial charge in [-0.1, -0.05) is 12.1 Å². The van der Waals surface area contributed by atoms with Gasteiger partial charge in [0, 0.05) is 59.7 Å². The summed E-state index contributed by atoms with van der Waals surface area (Å²) in [5, 5.41) is 5.11. The van der Waals surface area contributed by atoms with Crippen LogP contribution in [0.15, 0.2) is 42.9 Å². The number of rotatable bonds is 5. The fourth-order valence-corrected chi connectivity index (χ4v) is 5.57. The number of benzene rings is 1. The van der Waals surface area contributed by atoms with E-state index in [1.165, 1.54) is 4.88 Å². The number of fused-ring (bicyclic) bond motifs is 1. The van der Waals surface area contributed by atoms with Crippen LogP contribution < -0.4 is 11.1 Å². The normalized spacial score (nSPS) is 14.8. The zero-order chi connectivity index (χ0) is 22.1. The Hall–Kier alpha value is -2.94. The molecule has 3 aromatic heterocycles. The van der Waals surface area contributed by atoms with Gasteiger partial charge in [-0.05, 0) is 43.5 Å². The van der Waals surface area contributed by atoms with Gasteiger partial charge in [0.2, 0.25) is 0 Å². The molecule has 0 saturated carbocycles. The van der Waals surface area contributed by atoms with Gasteiger partial charge in [0.15, 0.2) is 0 Å². The lowest BCUT2D eigenvalue weighted by Crippen LogP contribution is -2.16. The molecule has 0 amide bonds. The van der Waals surface area contributed by atoms with Gasteiger partial charge in [-0.2, -0.15) is 0 Å². The molecule has 32 heavy (non-hydrogen) atoms. The predicted molar refractivity (Wildman–Crippen MR) is 126 cm³/mol. The van der Waals surface area contributed by atoms with E-state index < -0.39 is 0 Å². The van der Waals surface area contributed by atoms with Crippen molar-refractivity contribution in [3.05, 3.63) is 59.2 Å². The molecule has 6 nitrogen and oxygen atoms in total.